The second-order valence-electron chi connectivity index (χ2n) is 7.24. The first-order chi connectivity index (χ1) is 14.9. The minimum absolute atomic E-state index is 0.0976. The van der Waals surface area contributed by atoms with Gasteiger partial charge in [-0.05, 0) is 62.7 Å². The topological polar surface area (TPSA) is 60.9 Å². The van der Waals surface area contributed by atoms with E-state index < -0.39 is 0 Å². The average Bonchev–Trinajstić information content (AvgIpc) is 3.27. The van der Waals surface area contributed by atoms with Gasteiger partial charge in [-0.25, -0.2) is 4.98 Å². The van der Waals surface area contributed by atoms with Crippen molar-refractivity contribution in [3.8, 4) is 27.8 Å². The second-order valence-corrected chi connectivity index (χ2v) is 8.10. The van der Waals surface area contributed by atoms with Crippen molar-refractivity contribution in [3.05, 3.63) is 59.1 Å². The maximum atomic E-state index is 13.1. The fraction of sp³-hybridized carbons (Fsp3) is 0.333. The number of benzene rings is 2. The number of aromatic nitrogens is 1. The summed E-state index contributed by atoms with van der Waals surface area (Å²) in [6.45, 7) is 6.98. The molecule has 0 saturated heterocycles. The summed E-state index contributed by atoms with van der Waals surface area (Å²) >= 11 is 1.46. The van der Waals surface area contributed by atoms with Gasteiger partial charge in [-0.3, -0.25) is 4.79 Å². The quantitative estimate of drug-likeness (QED) is 0.453. The molecule has 0 bridgehead atoms. The molecular weight excluding hydrogens is 412 g/mol. The molecule has 0 aliphatic heterocycles. The normalized spacial score (nSPS) is 10.8. The van der Waals surface area contributed by atoms with Crippen molar-refractivity contribution in [1.29, 1.82) is 0 Å². The molecule has 6 nitrogen and oxygen atoms in total. The van der Waals surface area contributed by atoms with Gasteiger partial charge in [0, 0.05) is 24.0 Å². The molecule has 0 N–H and O–H groups in total. The first-order valence-corrected chi connectivity index (χ1v) is 11.1. The molecular formula is C24H28N2O4S. The predicted octanol–water partition coefficient (Wildman–Crippen LogP) is 5.28. The summed E-state index contributed by atoms with van der Waals surface area (Å²) < 4.78 is 16.3. The molecule has 164 valence electrons. The van der Waals surface area contributed by atoms with Crippen LogP contribution in [0.3, 0.4) is 0 Å². The molecule has 1 heterocycles. The molecule has 1 aromatic heterocycles. The van der Waals surface area contributed by atoms with Crippen LogP contribution in [0.1, 0.15) is 36.8 Å². The molecule has 0 unspecified atom stereocenters. The van der Waals surface area contributed by atoms with Crippen LogP contribution in [-0.4, -0.2) is 42.7 Å². The maximum absolute atomic E-state index is 13.1. The molecule has 0 atom stereocenters. The third kappa shape index (κ3) is 5.55. The lowest BCUT2D eigenvalue weighted by Crippen LogP contribution is -2.30. The van der Waals surface area contributed by atoms with Crippen molar-refractivity contribution in [2.75, 3.05) is 20.8 Å². The van der Waals surface area contributed by atoms with Crippen LogP contribution < -0.4 is 14.2 Å². The largest absolute Gasteiger partial charge is 0.493 e. The Labute approximate surface area is 187 Å². The molecule has 7 heteroatoms. The Bertz CT molecular complexity index is 1010. The van der Waals surface area contributed by atoms with Gasteiger partial charge in [0.15, 0.2) is 11.5 Å². The zero-order chi connectivity index (χ0) is 22.4. The van der Waals surface area contributed by atoms with Crippen LogP contribution >= 0.6 is 11.3 Å². The number of methoxy groups -OCH3 is 2. The van der Waals surface area contributed by atoms with E-state index in [4.69, 9.17) is 14.2 Å². The van der Waals surface area contributed by atoms with Crippen LogP contribution in [0.15, 0.2) is 47.8 Å². The molecule has 0 fully saturated rings. The molecule has 3 aromatic rings. The van der Waals surface area contributed by atoms with Gasteiger partial charge in [0.2, 0.25) is 0 Å². The Hall–Kier alpha value is -3.06. The maximum Gasteiger partial charge on any atom is 0.273 e. The molecule has 0 saturated carbocycles. The number of carbonyl (C=O) groups is 1. The SMILES string of the molecule is CCN(Cc1ccc(OC)c(OC)c1)C(=O)c1csc(-c2ccc(OC(C)C)cc2)n1. The van der Waals surface area contributed by atoms with Crippen LogP contribution in [0.2, 0.25) is 0 Å². The zero-order valence-electron chi connectivity index (χ0n) is 18.5. The highest BCUT2D eigenvalue weighted by atomic mass is 32.1. The summed E-state index contributed by atoms with van der Waals surface area (Å²) in [5.74, 6) is 2.03. The summed E-state index contributed by atoms with van der Waals surface area (Å²) in [6, 6.07) is 13.5. The van der Waals surface area contributed by atoms with Gasteiger partial charge in [-0.2, -0.15) is 0 Å². The number of hydrogen-bond donors (Lipinski definition) is 0. The third-order valence-electron chi connectivity index (χ3n) is 4.69. The average molecular weight is 441 g/mol. The third-order valence-corrected chi connectivity index (χ3v) is 5.58. The number of rotatable bonds is 9. The van der Waals surface area contributed by atoms with Gasteiger partial charge in [0.05, 0.1) is 20.3 Å². The molecule has 0 aliphatic carbocycles. The van der Waals surface area contributed by atoms with Crippen LogP contribution in [0, 0.1) is 0 Å². The predicted molar refractivity (Wildman–Crippen MR) is 123 cm³/mol. The Balaban J connectivity index is 1.74. The fourth-order valence-electron chi connectivity index (χ4n) is 3.14. The summed E-state index contributed by atoms with van der Waals surface area (Å²) in [6.07, 6.45) is 0.126. The van der Waals surface area contributed by atoms with Crippen molar-refractivity contribution in [2.24, 2.45) is 0 Å². The number of carbonyl (C=O) groups excluding carboxylic acids is 1. The van der Waals surface area contributed by atoms with Crippen molar-refractivity contribution < 1.29 is 19.0 Å². The van der Waals surface area contributed by atoms with E-state index in [1.54, 1.807) is 19.1 Å². The summed E-state index contributed by atoms with van der Waals surface area (Å²) in [5, 5.41) is 2.62. The van der Waals surface area contributed by atoms with E-state index >= 15 is 0 Å². The summed E-state index contributed by atoms with van der Waals surface area (Å²) in [4.78, 5) is 19.4. The highest BCUT2D eigenvalue weighted by Gasteiger charge is 2.19. The summed E-state index contributed by atoms with van der Waals surface area (Å²) in [5.41, 5.74) is 2.37. The fourth-order valence-corrected chi connectivity index (χ4v) is 3.94. The zero-order valence-corrected chi connectivity index (χ0v) is 19.4. The second kappa shape index (κ2) is 10.3. The lowest BCUT2D eigenvalue weighted by Gasteiger charge is -2.20. The monoisotopic (exact) mass is 440 g/mol. The minimum atomic E-state index is -0.0976. The standard InChI is InChI=1S/C24H28N2O4S/c1-6-26(14-17-7-12-21(28-4)22(13-17)29-5)24(27)20-15-31-23(25-20)18-8-10-19(11-9-18)30-16(2)3/h7-13,15-16H,6,14H2,1-5H3. The molecule has 0 aliphatic rings. The Kier molecular flexibility index (Phi) is 7.52. The van der Waals surface area contributed by atoms with Crippen LogP contribution in [0.25, 0.3) is 10.6 Å². The van der Waals surface area contributed by atoms with E-state index in [-0.39, 0.29) is 12.0 Å². The van der Waals surface area contributed by atoms with Gasteiger partial charge in [-0.1, -0.05) is 6.07 Å². The summed E-state index contributed by atoms with van der Waals surface area (Å²) in [7, 11) is 3.20. The minimum Gasteiger partial charge on any atom is -0.493 e. The molecule has 0 spiro atoms. The molecule has 31 heavy (non-hydrogen) atoms. The lowest BCUT2D eigenvalue weighted by molar-refractivity contribution is 0.0747. The Morgan fingerprint density at radius 2 is 1.77 bits per heavy atom. The highest BCUT2D eigenvalue weighted by molar-refractivity contribution is 7.13. The van der Waals surface area contributed by atoms with Gasteiger partial charge >= 0.3 is 0 Å². The van der Waals surface area contributed by atoms with Crippen LogP contribution in [0.4, 0.5) is 0 Å². The first-order valence-electron chi connectivity index (χ1n) is 10.2. The Morgan fingerprint density at radius 3 is 2.39 bits per heavy atom. The molecule has 3 rings (SSSR count). The van der Waals surface area contributed by atoms with Crippen molar-refractivity contribution in [3.63, 3.8) is 0 Å². The van der Waals surface area contributed by atoms with Crippen LogP contribution in [0.5, 0.6) is 17.2 Å². The number of thiazole rings is 1. The lowest BCUT2D eigenvalue weighted by atomic mass is 10.2. The Morgan fingerprint density at radius 1 is 1.06 bits per heavy atom. The van der Waals surface area contributed by atoms with E-state index in [1.165, 1.54) is 11.3 Å². The van der Waals surface area contributed by atoms with Crippen LogP contribution in [-0.2, 0) is 6.54 Å². The van der Waals surface area contributed by atoms with Gasteiger partial charge in [-0.15, -0.1) is 11.3 Å². The van der Waals surface area contributed by atoms with E-state index in [2.05, 4.69) is 4.98 Å². The van der Waals surface area contributed by atoms with Crippen molar-refractivity contribution in [2.45, 2.75) is 33.4 Å². The van der Waals surface area contributed by atoms with Gasteiger partial charge in [0.1, 0.15) is 16.5 Å². The number of ether oxygens (including phenoxy) is 3. The molecule has 2 aromatic carbocycles. The van der Waals surface area contributed by atoms with E-state index in [0.717, 1.165) is 21.9 Å². The van der Waals surface area contributed by atoms with Gasteiger partial charge < -0.3 is 19.1 Å². The molecule has 1 amide bonds. The van der Waals surface area contributed by atoms with E-state index in [1.807, 2.05) is 68.6 Å². The molecule has 0 radical (unpaired) electrons. The first kappa shape index (κ1) is 22.6. The highest BCUT2D eigenvalue weighted by Crippen LogP contribution is 2.29. The number of amides is 1. The number of nitrogens with zero attached hydrogens (tertiary/aromatic N) is 2. The smallest absolute Gasteiger partial charge is 0.273 e. The van der Waals surface area contributed by atoms with Crippen molar-refractivity contribution >= 4 is 17.2 Å². The number of hydrogen-bond acceptors (Lipinski definition) is 6. The van der Waals surface area contributed by atoms with Crippen molar-refractivity contribution in [1.82, 2.24) is 9.88 Å². The van der Waals surface area contributed by atoms with E-state index in [0.29, 0.717) is 30.3 Å². The van der Waals surface area contributed by atoms with E-state index in [9.17, 15) is 4.79 Å². The van der Waals surface area contributed by atoms with Gasteiger partial charge in [0.25, 0.3) is 5.91 Å².